The van der Waals surface area contributed by atoms with Crippen LogP contribution in [0, 0.1) is 5.92 Å². The van der Waals surface area contributed by atoms with Crippen molar-refractivity contribution < 1.29 is 9.47 Å². The topological polar surface area (TPSA) is 53.4 Å². The van der Waals surface area contributed by atoms with Gasteiger partial charge in [0.05, 0.1) is 30.9 Å². The maximum absolute atomic E-state index is 12.5. The molecule has 0 bridgehead atoms. The number of ether oxygens (including phenoxy) is 2. The van der Waals surface area contributed by atoms with Crippen molar-refractivity contribution in [3.05, 3.63) is 34.9 Å². The predicted molar refractivity (Wildman–Crippen MR) is 76.1 cm³/mol. The molecule has 1 aromatic carbocycles. The minimum atomic E-state index is -0.0144. The first kappa shape index (κ1) is 13.1. The average molecular weight is 274 g/mol. The van der Waals surface area contributed by atoms with Gasteiger partial charge in [-0.15, -0.1) is 0 Å². The molecule has 20 heavy (non-hydrogen) atoms. The standard InChI is InChI=1S/C15H18N2O3/c1-19-12-4-5-14-13(7-12)15(18)17(10-16-14)8-11-3-2-6-20-9-11/h4-5,7,10-11H,2-3,6,8-9H2,1H3/t11-/m0/s1. The second-order valence-corrected chi connectivity index (χ2v) is 5.17. The van der Waals surface area contributed by atoms with Crippen molar-refractivity contribution in [3.8, 4) is 5.75 Å². The van der Waals surface area contributed by atoms with Gasteiger partial charge in [0, 0.05) is 19.1 Å². The highest BCUT2D eigenvalue weighted by Crippen LogP contribution is 2.18. The van der Waals surface area contributed by atoms with Crippen molar-refractivity contribution >= 4 is 10.9 Å². The van der Waals surface area contributed by atoms with Crippen LogP contribution in [0.3, 0.4) is 0 Å². The summed E-state index contributed by atoms with van der Waals surface area (Å²) in [5.74, 6) is 1.07. The molecule has 0 unspecified atom stereocenters. The molecule has 1 atom stereocenters. The van der Waals surface area contributed by atoms with Crippen molar-refractivity contribution in [2.24, 2.45) is 5.92 Å². The van der Waals surface area contributed by atoms with Crippen LogP contribution in [0.5, 0.6) is 5.75 Å². The fourth-order valence-electron chi connectivity index (χ4n) is 2.62. The quantitative estimate of drug-likeness (QED) is 0.857. The second-order valence-electron chi connectivity index (χ2n) is 5.17. The summed E-state index contributed by atoms with van der Waals surface area (Å²) >= 11 is 0. The highest BCUT2D eigenvalue weighted by Gasteiger charge is 2.16. The molecule has 3 rings (SSSR count). The maximum Gasteiger partial charge on any atom is 0.261 e. The number of nitrogens with zero attached hydrogens (tertiary/aromatic N) is 2. The summed E-state index contributed by atoms with van der Waals surface area (Å²) in [5.41, 5.74) is 0.686. The van der Waals surface area contributed by atoms with Crippen molar-refractivity contribution in [1.82, 2.24) is 9.55 Å². The van der Waals surface area contributed by atoms with Crippen molar-refractivity contribution in [2.75, 3.05) is 20.3 Å². The number of fused-ring (bicyclic) bond motifs is 1. The minimum Gasteiger partial charge on any atom is -0.497 e. The van der Waals surface area contributed by atoms with E-state index in [1.807, 2.05) is 12.1 Å². The molecule has 0 spiro atoms. The van der Waals surface area contributed by atoms with Crippen LogP contribution < -0.4 is 10.3 Å². The van der Waals surface area contributed by atoms with Crippen LogP contribution >= 0.6 is 0 Å². The van der Waals surface area contributed by atoms with Gasteiger partial charge >= 0.3 is 0 Å². The Kier molecular flexibility index (Phi) is 3.69. The molecule has 1 aromatic heterocycles. The van der Waals surface area contributed by atoms with Gasteiger partial charge in [0.2, 0.25) is 0 Å². The Morgan fingerprint density at radius 1 is 1.50 bits per heavy atom. The third kappa shape index (κ3) is 2.54. The van der Waals surface area contributed by atoms with E-state index < -0.39 is 0 Å². The molecule has 0 N–H and O–H groups in total. The van der Waals surface area contributed by atoms with Gasteiger partial charge in [-0.1, -0.05) is 0 Å². The summed E-state index contributed by atoms with van der Waals surface area (Å²) in [4.78, 5) is 16.8. The van der Waals surface area contributed by atoms with Crippen molar-refractivity contribution in [1.29, 1.82) is 0 Å². The van der Waals surface area contributed by atoms with Crippen molar-refractivity contribution in [2.45, 2.75) is 19.4 Å². The van der Waals surface area contributed by atoms with Gasteiger partial charge in [0.1, 0.15) is 5.75 Å². The predicted octanol–water partition coefficient (Wildman–Crippen LogP) is 1.83. The molecule has 0 amide bonds. The molecular weight excluding hydrogens is 256 g/mol. The fraction of sp³-hybridized carbons (Fsp3) is 0.467. The van der Waals surface area contributed by atoms with Crippen molar-refractivity contribution in [3.63, 3.8) is 0 Å². The van der Waals surface area contributed by atoms with E-state index in [-0.39, 0.29) is 5.56 Å². The first-order valence-electron chi connectivity index (χ1n) is 6.89. The number of hydrogen-bond acceptors (Lipinski definition) is 4. The zero-order chi connectivity index (χ0) is 13.9. The lowest BCUT2D eigenvalue weighted by molar-refractivity contribution is 0.0479. The summed E-state index contributed by atoms with van der Waals surface area (Å²) in [6.45, 7) is 2.22. The third-order valence-electron chi connectivity index (χ3n) is 3.74. The molecule has 0 saturated carbocycles. The molecule has 0 radical (unpaired) electrons. The largest absolute Gasteiger partial charge is 0.497 e. The molecule has 1 saturated heterocycles. The monoisotopic (exact) mass is 274 g/mol. The van der Waals surface area contributed by atoms with Crippen LogP contribution in [0.15, 0.2) is 29.3 Å². The SMILES string of the molecule is COc1ccc2ncn(C[C@@H]3CCCOC3)c(=O)c2c1. The summed E-state index contributed by atoms with van der Waals surface area (Å²) in [6.07, 6.45) is 3.79. The van der Waals surface area contributed by atoms with Crippen LogP contribution in [-0.4, -0.2) is 29.9 Å². The number of aromatic nitrogens is 2. The molecule has 106 valence electrons. The number of hydrogen-bond donors (Lipinski definition) is 0. The first-order chi connectivity index (χ1) is 9.78. The number of methoxy groups -OCH3 is 1. The zero-order valence-electron chi connectivity index (χ0n) is 11.5. The molecule has 2 heterocycles. The van der Waals surface area contributed by atoms with E-state index in [0.717, 1.165) is 26.1 Å². The summed E-state index contributed by atoms with van der Waals surface area (Å²) in [7, 11) is 1.59. The van der Waals surface area contributed by atoms with Gasteiger partial charge in [-0.05, 0) is 31.0 Å². The Labute approximate surface area is 117 Å². The van der Waals surface area contributed by atoms with Crippen LogP contribution in [0.25, 0.3) is 10.9 Å². The van der Waals surface area contributed by atoms with E-state index in [2.05, 4.69) is 4.98 Å². The number of rotatable bonds is 3. The Morgan fingerprint density at radius 2 is 2.40 bits per heavy atom. The molecule has 1 aliphatic rings. The number of benzene rings is 1. The zero-order valence-corrected chi connectivity index (χ0v) is 11.5. The lowest BCUT2D eigenvalue weighted by Gasteiger charge is -2.22. The van der Waals surface area contributed by atoms with Crippen LogP contribution in [-0.2, 0) is 11.3 Å². The van der Waals surface area contributed by atoms with E-state index >= 15 is 0 Å². The minimum absolute atomic E-state index is 0.0144. The molecule has 2 aromatic rings. The molecule has 1 fully saturated rings. The average Bonchev–Trinajstić information content (AvgIpc) is 2.51. The first-order valence-corrected chi connectivity index (χ1v) is 6.89. The third-order valence-corrected chi connectivity index (χ3v) is 3.74. The highest BCUT2D eigenvalue weighted by molar-refractivity contribution is 5.78. The smallest absolute Gasteiger partial charge is 0.261 e. The summed E-state index contributed by atoms with van der Waals surface area (Å²) in [5, 5.41) is 0.601. The summed E-state index contributed by atoms with van der Waals surface area (Å²) in [6, 6.07) is 5.37. The molecule has 1 aliphatic heterocycles. The highest BCUT2D eigenvalue weighted by atomic mass is 16.5. The van der Waals surface area contributed by atoms with Crippen LogP contribution in [0.1, 0.15) is 12.8 Å². The van der Waals surface area contributed by atoms with E-state index in [1.54, 1.807) is 24.1 Å². The second kappa shape index (κ2) is 5.63. The van der Waals surface area contributed by atoms with E-state index in [1.165, 1.54) is 0 Å². The van der Waals surface area contributed by atoms with Crippen LogP contribution in [0.4, 0.5) is 0 Å². The lowest BCUT2D eigenvalue weighted by atomic mass is 10.0. The Balaban J connectivity index is 1.95. The van der Waals surface area contributed by atoms with Gasteiger partial charge in [-0.3, -0.25) is 9.36 Å². The van der Waals surface area contributed by atoms with E-state index in [4.69, 9.17) is 9.47 Å². The summed E-state index contributed by atoms with van der Waals surface area (Å²) < 4.78 is 12.3. The van der Waals surface area contributed by atoms with Gasteiger partial charge < -0.3 is 9.47 Å². The normalized spacial score (nSPS) is 19.1. The lowest BCUT2D eigenvalue weighted by Crippen LogP contribution is -2.28. The van der Waals surface area contributed by atoms with Gasteiger partial charge in [0.25, 0.3) is 5.56 Å². The Morgan fingerprint density at radius 3 is 3.15 bits per heavy atom. The molecule has 5 heteroatoms. The fourth-order valence-corrected chi connectivity index (χ4v) is 2.62. The Bertz CT molecular complexity index is 660. The van der Waals surface area contributed by atoms with Crippen LogP contribution in [0.2, 0.25) is 0 Å². The van der Waals surface area contributed by atoms with Gasteiger partial charge in [-0.25, -0.2) is 4.98 Å². The molecular formula is C15H18N2O3. The Hall–Kier alpha value is -1.88. The molecule has 5 nitrogen and oxygen atoms in total. The molecule has 0 aliphatic carbocycles. The van der Waals surface area contributed by atoms with E-state index in [0.29, 0.717) is 29.1 Å². The van der Waals surface area contributed by atoms with Gasteiger partial charge in [-0.2, -0.15) is 0 Å². The maximum atomic E-state index is 12.5. The van der Waals surface area contributed by atoms with E-state index in [9.17, 15) is 4.79 Å². The van der Waals surface area contributed by atoms with Gasteiger partial charge in [0.15, 0.2) is 0 Å².